The van der Waals surface area contributed by atoms with Gasteiger partial charge in [-0.1, -0.05) is 29.3 Å². The van der Waals surface area contributed by atoms with Crippen LogP contribution in [0.4, 0.5) is 5.69 Å². The van der Waals surface area contributed by atoms with Crippen LogP contribution in [0.3, 0.4) is 0 Å². The molecule has 1 aromatic carbocycles. The summed E-state index contributed by atoms with van der Waals surface area (Å²) in [5, 5.41) is 4.27. The van der Waals surface area contributed by atoms with Gasteiger partial charge in [0.05, 0.1) is 12.2 Å². The Bertz CT molecular complexity index is 885. The molecule has 0 radical (unpaired) electrons. The fourth-order valence-corrected chi connectivity index (χ4v) is 2.72. The molecule has 3 rings (SSSR count). The first-order chi connectivity index (χ1) is 10.5. The molecule has 0 aliphatic carbocycles. The number of nitrogens with zero attached hydrogens (tertiary/aromatic N) is 2. The van der Waals surface area contributed by atoms with Crippen LogP contribution >= 0.6 is 23.2 Å². The summed E-state index contributed by atoms with van der Waals surface area (Å²) in [6.07, 6.45) is 1.78. The number of hydrogen-bond donors (Lipinski definition) is 1. The lowest BCUT2D eigenvalue weighted by Crippen LogP contribution is -2.17. The topological polar surface area (TPSA) is 46.4 Å². The highest BCUT2D eigenvalue weighted by Gasteiger charge is 2.04. The molecule has 0 fully saturated rings. The normalized spacial score (nSPS) is 10.9. The minimum Gasteiger partial charge on any atom is -0.379 e. The lowest BCUT2D eigenvalue weighted by atomic mass is 10.3. The quantitative estimate of drug-likeness (QED) is 0.790. The fraction of sp³-hybridized carbons (Fsp3) is 0.125. The summed E-state index contributed by atoms with van der Waals surface area (Å²) in [6, 6.07) is 10.5. The van der Waals surface area contributed by atoms with Gasteiger partial charge in [0, 0.05) is 28.0 Å². The maximum Gasteiger partial charge on any atom is 0.258 e. The van der Waals surface area contributed by atoms with Crippen molar-refractivity contribution in [3.63, 3.8) is 0 Å². The maximum absolute atomic E-state index is 12.1. The molecule has 6 heteroatoms. The minimum absolute atomic E-state index is 0.102. The Balaban J connectivity index is 1.88. The van der Waals surface area contributed by atoms with Crippen LogP contribution in [-0.4, -0.2) is 9.38 Å². The molecule has 3 aromatic rings. The Morgan fingerprint density at radius 3 is 2.59 bits per heavy atom. The van der Waals surface area contributed by atoms with Gasteiger partial charge in [0.25, 0.3) is 5.56 Å². The zero-order valence-electron chi connectivity index (χ0n) is 11.8. The molecule has 0 unspecified atom stereocenters. The molecule has 112 valence electrons. The van der Waals surface area contributed by atoms with Gasteiger partial charge in [-0.2, -0.15) is 0 Å². The Morgan fingerprint density at radius 2 is 1.86 bits per heavy atom. The molecule has 0 saturated heterocycles. The summed E-state index contributed by atoms with van der Waals surface area (Å²) >= 11 is 11.9. The second-order valence-corrected chi connectivity index (χ2v) is 5.90. The predicted octanol–water partition coefficient (Wildman–Crippen LogP) is 3.92. The number of fused-ring (bicyclic) bond motifs is 1. The maximum atomic E-state index is 12.1. The number of aromatic nitrogens is 2. The van der Waals surface area contributed by atoms with Crippen LogP contribution in [0.5, 0.6) is 0 Å². The third-order valence-corrected chi connectivity index (χ3v) is 3.63. The van der Waals surface area contributed by atoms with Gasteiger partial charge in [-0.05, 0) is 36.8 Å². The Hall–Kier alpha value is -2.04. The van der Waals surface area contributed by atoms with E-state index in [-0.39, 0.29) is 5.56 Å². The second-order valence-electron chi connectivity index (χ2n) is 5.03. The van der Waals surface area contributed by atoms with E-state index in [9.17, 15) is 4.79 Å². The smallest absolute Gasteiger partial charge is 0.258 e. The van der Waals surface area contributed by atoms with Crippen molar-refractivity contribution in [2.45, 2.75) is 13.5 Å². The van der Waals surface area contributed by atoms with E-state index in [0.717, 1.165) is 11.3 Å². The molecule has 2 aromatic heterocycles. The molecule has 22 heavy (non-hydrogen) atoms. The van der Waals surface area contributed by atoms with Crippen LogP contribution < -0.4 is 10.9 Å². The number of benzene rings is 1. The van der Waals surface area contributed by atoms with Crippen molar-refractivity contribution in [2.24, 2.45) is 0 Å². The summed E-state index contributed by atoms with van der Waals surface area (Å²) in [7, 11) is 0. The number of pyridine rings is 1. The zero-order chi connectivity index (χ0) is 15.7. The molecule has 2 heterocycles. The summed E-state index contributed by atoms with van der Waals surface area (Å²) in [5.41, 5.74) is 2.97. The summed E-state index contributed by atoms with van der Waals surface area (Å²) in [4.78, 5) is 16.6. The van der Waals surface area contributed by atoms with Crippen molar-refractivity contribution in [2.75, 3.05) is 5.32 Å². The van der Waals surface area contributed by atoms with Crippen molar-refractivity contribution < 1.29 is 0 Å². The van der Waals surface area contributed by atoms with E-state index in [1.54, 1.807) is 24.4 Å². The van der Waals surface area contributed by atoms with E-state index in [2.05, 4.69) is 10.3 Å². The molecule has 0 amide bonds. The summed E-state index contributed by atoms with van der Waals surface area (Å²) in [6.45, 7) is 2.35. The van der Waals surface area contributed by atoms with E-state index in [4.69, 9.17) is 23.2 Å². The van der Waals surface area contributed by atoms with Crippen LogP contribution in [0.1, 0.15) is 11.3 Å². The predicted molar refractivity (Wildman–Crippen MR) is 90.0 cm³/mol. The lowest BCUT2D eigenvalue weighted by molar-refractivity contribution is 0.965. The van der Waals surface area contributed by atoms with Crippen molar-refractivity contribution >= 4 is 34.5 Å². The highest BCUT2D eigenvalue weighted by molar-refractivity contribution is 6.35. The molecule has 0 spiro atoms. The SMILES string of the molecule is Cc1ccc2nc(CNc3cc(Cl)cc(Cl)c3)cc(=O)n2c1. The van der Waals surface area contributed by atoms with Crippen LogP contribution in [0, 0.1) is 6.92 Å². The van der Waals surface area contributed by atoms with Gasteiger partial charge < -0.3 is 5.32 Å². The molecule has 0 atom stereocenters. The third kappa shape index (κ3) is 3.24. The van der Waals surface area contributed by atoms with Gasteiger partial charge in [0.15, 0.2) is 0 Å². The molecule has 1 N–H and O–H groups in total. The van der Waals surface area contributed by atoms with E-state index in [0.29, 0.717) is 27.9 Å². The van der Waals surface area contributed by atoms with E-state index >= 15 is 0 Å². The fourth-order valence-electron chi connectivity index (χ4n) is 2.20. The number of aryl methyl sites for hydroxylation is 1. The lowest BCUT2D eigenvalue weighted by Gasteiger charge is -2.08. The largest absolute Gasteiger partial charge is 0.379 e. The van der Waals surface area contributed by atoms with Crippen LogP contribution in [0.25, 0.3) is 5.65 Å². The standard InChI is InChI=1S/C16H13Cl2N3O/c1-10-2-3-15-20-14(7-16(22)21(15)9-10)8-19-13-5-11(17)4-12(18)6-13/h2-7,9,19H,8H2,1H3. The first kappa shape index (κ1) is 14.9. The van der Waals surface area contributed by atoms with E-state index in [1.807, 2.05) is 19.1 Å². The average Bonchev–Trinajstić information content (AvgIpc) is 2.45. The molecular formula is C16H13Cl2N3O. The number of halogens is 2. The third-order valence-electron chi connectivity index (χ3n) is 3.20. The second kappa shape index (κ2) is 5.99. The highest BCUT2D eigenvalue weighted by atomic mass is 35.5. The number of rotatable bonds is 3. The number of hydrogen-bond acceptors (Lipinski definition) is 3. The number of anilines is 1. The molecule has 0 aliphatic rings. The van der Waals surface area contributed by atoms with Crippen molar-refractivity contribution in [3.05, 3.63) is 74.3 Å². The van der Waals surface area contributed by atoms with Crippen LogP contribution in [-0.2, 0) is 6.54 Å². The Kier molecular flexibility index (Phi) is 4.05. The average molecular weight is 334 g/mol. The van der Waals surface area contributed by atoms with Crippen LogP contribution in [0.15, 0.2) is 47.4 Å². The van der Waals surface area contributed by atoms with E-state index in [1.165, 1.54) is 10.5 Å². The van der Waals surface area contributed by atoms with Crippen molar-refractivity contribution in [3.8, 4) is 0 Å². The molecule has 0 aliphatic heterocycles. The molecule has 0 saturated carbocycles. The van der Waals surface area contributed by atoms with Crippen LogP contribution in [0.2, 0.25) is 10.0 Å². The summed E-state index contributed by atoms with van der Waals surface area (Å²) in [5.74, 6) is 0. The van der Waals surface area contributed by atoms with Gasteiger partial charge >= 0.3 is 0 Å². The molecule has 4 nitrogen and oxygen atoms in total. The highest BCUT2D eigenvalue weighted by Crippen LogP contribution is 2.22. The molecular weight excluding hydrogens is 321 g/mol. The Morgan fingerprint density at radius 1 is 1.14 bits per heavy atom. The number of nitrogens with one attached hydrogen (secondary N) is 1. The van der Waals surface area contributed by atoms with Gasteiger partial charge in [0.2, 0.25) is 0 Å². The first-order valence-corrected chi connectivity index (χ1v) is 7.46. The molecule has 0 bridgehead atoms. The minimum atomic E-state index is -0.102. The van der Waals surface area contributed by atoms with Crippen molar-refractivity contribution in [1.29, 1.82) is 0 Å². The van der Waals surface area contributed by atoms with Gasteiger partial charge in [-0.25, -0.2) is 4.98 Å². The summed E-state index contributed by atoms with van der Waals surface area (Å²) < 4.78 is 1.54. The van der Waals surface area contributed by atoms with Gasteiger partial charge in [-0.3, -0.25) is 9.20 Å². The first-order valence-electron chi connectivity index (χ1n) is 6.70. The zero-order valence-corrected chi connectivity index (χ0v) is 13.3. The van der Waals surface area contributed by atoms with Gasteiger partial charge in [-0.15, -0.1) is 0 Å². The van der Waals surface area contributed by atoms with E-state index < -0.39 is 0 Å². The van der Waals surface area contributed by atoms with Crippen molar-refractivity contribution in [1.82, 2.24) is 9.38 Å². The Labute approximate surface area is 137 Å². The van der Waals surface area contributed by atoms with Gasteiger partial charge in [0.1, 0.15) is 5.65 Å². The monoisotopic (exact) mass is 333 g/mol.